The van der Waals surface area contributed by atoms with Crippen molar-refractivity contribution in [3.8, 4) is 0 Å². The Bertz CT molecular complexity index is 685. The van der Waals surface area contributed by atoms with Gasteiger partial charge in [-0.15, -0.1) is 0 Å². The van der Waals surface area contributed by atoms with Gasteiger partial charge in [0, 0.05) is 31.7 Å². The summed E-state index contributed by atoms with van der Waals surface area (Å²) in [7, 11) is 0. The predicted molar refractivity (Wildman–Crippen MR) is 70.6 cm³/mol. The Morgan fingerprint density at radius 3 is 3.05 bits per heavy atom. The number of fused-ring (bicyclic) bond motifs is 2. The summed E-state index contributed by atoms with van der Waals surface area (Å²) in [6, 6.07) is 3.67. The molecule has 2 aliphatic heterocycles. The normalized spacial score (nSPS) is 25.3. The highest BCUT2D eigenvalue weighted by Crippen LogP contribution is 2.37. The molecule has 2 atom stereocenters. The first-order valence-corrected chi connectivity index (χ1v) is 6.63. The topological polar surface area (TPSA) is 97.3 Å². The fourth-order valence-electron chi connectivity index (χ4n) is 3.37. The van der Waals surface area contributed by atoms with Crippen LogP contribution < -0.4 is 10.2 Å². The Morgan fingerprint density at radius 2 is 2.20 bits per heavy atom. The second kappa shape index (κ2) is 4.14. The molecule has 20 heavy (non-hydrogen) atoms. The molecule has 0 unspecified atom stereocenters. The molecule has 1 aromatic heterocycles. The summed E-state index contributed by atoms with van der Waals surface area (Å²) in [6.45, 7) is 2.92. The van der Waals surface area contributed by atoms with Crippen LogP contribution in [0.15, 0.2) is 16.8 Å². The molecule has 4 rings (SSSR count). The van der Waals surface area contributed by atoms with E-state index in [0.29, 0.717) is 17.5 Å². The predicted octanol–water partition coefficient (Wildman–Crippen LogP) is 0.929. The summed E-state index contributed by atoms with van der Waals surface area (Å²) >= 11 is 0. The van der Waals surface area contributed by atoms with Crippen molar-refractivity contribution in [3.63, 3.8) is 0 Å². The Morgan fingerprint density at radius 1 is 1.35 bits per heavy atom. The quantitative estimate of drug-likeness (QED) is 0.643. The summed E-state index contributed by atoms with van der Waals surface area (Å²) in [4.78, 5) is 12.8. The number of nitro benzene ring substituents is 1. The van der Waals surface area contributed by atoms with Crippen molar-refractivity contribution in [1.29, 1.82) is 0 Å². The number of hydrogen-bond acceptors (Lipinski definition) is 7. The van der Waals surface area contributed by atoms with E-state index in [4.69, 9.17) is 4.63 Å². The zero-order chi connectivity index (χ0) is 13.7. The Kier molecular flexibility index (Phi) is 2.40. The van der Waals surface area contributed by atoms with Crippen LogP contribution in [0.5, 0.6) is 0 Å². The average molecular weight is 275 g/mol. The van der Waals surface area contributed by atoms with Gasteiger partial charge in [0.05, 0.1) is 10.6 Å². The third kappa shape index (κ3) is 1.51. The summed E-state index contributed by atoms with van der Waals surface area (Å²) in [5.41, 5.74) is 1.52. The number of rotatable bonds is 2. The minimum Gasteiger partial charge on any atom is -0.365 e. The van der Waals surface area contributed by atoms with E-state index in [9.17, 15) is 10.1 Å². The van der Waals surface area contributed by atoms with Crippen LogP contribution in [0.2, 0.25) is 0 Å². The molecule has 2 fully saturated rings. The van der Waals surface area contributed by atoms with Gasteiger partial charge in [-0.2, -0.15) is 0 Å². The number of nitro groups is 1. The van der Waals surface area contributed by atoms with E-state index in [1.807, 2.05) is 0 Å². The summed E-state index contributed by atoms with van der Waals surface area (Å²) in [6.07, 6.45) is 1.13. The summed E-state index contributed by atoms with van der Waals surface area (Å²) in [5.74, 6) is 0.639. The first-order valence-electron chi connectivity index (χ1n) is 6.63. The molecule has 0 amide bonds. The van der Waals surface area contributed by atoms with Crippen LogP contribution in [0.4, 0.5) is 11.4 Å². The van der Waals surface area contributed by atoms with E-state index < -0.39 is 4.92 Å². The van der Waals surface area contributed by atoms with E-state index in [-0.39, 0.29) is 11.2 Å². The van der Waals surface area contributed by atoms with Crippen LogP contribution in [0.1, 0.15) is 6.42 Å². The zero-order valence-electron chi connectivity index (χ0n) is 10.7. The fraction of sp³-hybridized carbons (Fsp3) is 0.500. The number of non-ortho nitro benzene ring substituents is 1. The van der Waals surface area contributed by atoms with Crippen molar-refractivity contribution in [1.82, 2.24) is 15.6 Å². The third-order valence-electron chi connectivity index (χ3n) is 4.32. The van der Waals surface area contributed by atoms with Gasteiger partial charge >= 0.3 is 5.69 Å². The van der Waals surface area contributed by atoms with Gasteiger partial charge in [0.2, 0.25) is 5.52 Å². The molecule has 0 bridgehead atoms. The van der Waals surface area contributed by atoms with Gasteiger partial charge in [0.25, 0.3) is 0 Å². The van der Waals surface area contributed by atoms with Gasteiger partial charge in [-0.3, -0.25) is 10.1 Å². The van der Waals surface area contributed by atoms with Gasteiger partial charge in [-0.25, -0.2) is 4.63 Å². The minimum atomic E-state index is -0.458. The molecule has 0 spiro atoms. The highest BCUT2D eigenvalue weighted by Gasteiger charge is 2.39. The van der Waals surface area contributed by atoms with Crippen LogP contribution >= 0.6 is 0 Å². The zero-order valence-corrected chi connectivity index (χ0v) is 10.7. The smallest absolute Gasteiger partial charge is 0.300 e. The maximum Gasteiger partial charge on any atom is 0.300 e. The minimum absolute atomic E-state index is 0.0645. The Hall–Kier alpha value is -2.22. The SMILES string of the molecule is O=[N+]([O-])c1ccc(N2CC[C@H]3CNC[C@H]32)c2nonc12. The molecule has 2 aliphatic rings. The van der Waals surface area contributed by atoms with Crippen LogP contribution in [-0.2, 0) is 0 Å². The number of aromatic nitrogens is 2. The van der Waals surface area contributed by atoms with E-state index in [2.05, 4.69) is 20.5 Å². The fourth-order valence-corrected chi connectivity index (χ4v) is 3.37. The lowest BCUT2D eigenvalue weighted by Gasteiger charge is -2.25. The second-order valence-electron chi connectivity index (χ2n) is 5.29. The van der Waals surface area contributed by atoms with Crippen LogP contribution in [-0.4, -0.2) is 40.9 Å². The van der Waals surface area contributed by atoms with E-state index >= 15 is 0 Å². The molecule has 0 saturated carbocycles. The molecule has 1 aromatic carbocycles. The first kappa shape index (κ1) is 11.6. The molecule has 1 N–H and O–H groups in total. The number of benzene rings is 1. The van der Waals surface area contributed by atoms with E-state index in [0.717, 1.165) is 31.7 Å². The van der Waals surface area contributed by atoms with Crippen molar-refractivity contribution >= 4 is 22.4 Å². The van der Waals surface area contributed by atoms with Crippen molar-refractivity contribution < 1.29 is 9.55 Å². The third-order valence-corrected chi connectivity index (χ3v) is 4.32. The van der Waals surface area contributed by atoms with Gasteiger partial charge in [0.15, 0.2) is 5.52 Å². The Balaban J connectivity index is 1.83. The molecule has 2 aromatic rings. The van der Waals surface area contributed by atoms with Crippen molar-refractivity contribution in [3.05, 3.63) is 22.2 Å². The summed E-state index contributed by atoms with van der Waals surface area (Å²) in [5, 5.41) is 21.9. The molecule has 2 saturated heterocycles. The number of hydrogen-bond donors (Lipinski definition) is 1. The highest BCUT2D eigenvalue weighted by molar-refractivity contribution is 5.94. The van der Waals surface area contributed by atoms with Gasteiger partial charge in [0.1, 0.15) is 0 Å². The molecule has 8 heteroatoms. The number of nitrogens with zero attached hydrogens (tertiary/aromatic N) is 4. The van der Waals surface area contributed by atoms with Gasteiger partial charge < -0.3 is 10.2 Å². The molecule has 0 aliphatic carbocycles. The molecular formula is C12H13N5O3. The molecule has 3 heterocycles. The maximum atomic E-state index is 11.0. The molecule has 0 radical (unpaired) electrons. The van der Waals surface area contributed by atoms with E-state index in [1.54, 1.807) is 6.07 Å². The first-order chi connectivity index (χ1) is 9.75. The molecule has 8 nitrogen and oxygen atoms in total. The lowest BCUT2D eigenvalue weighted by molar-refractivity contribution is -0.383. The largest absolute Gasteiger partial charge is 0.365 e. The lowest BCUT2D eigenvalue weighted by Crippen LogP contribution is -2.34. The van der Waals surface area contributed by atoms with Crippen molar-refractivity contribution in [2.45, 2.75) is 12.5 Å². The van der Waals surface area contributed by atoms with Crippen LogP contribution in [0, 0.1) is 16.0 Å². The van der Waals surface area contributed by atoms with Gasteiger partial charge in [-0.1, -0.05) is 0 Å². The Labute approximate surface area is 113 Å². The van der Waals surface area contributed by atoms with Crippen LogP contribution in [0.25, 0.3) is 11.0 Å². The lowest BCUT2D eigenvalue weighted by atomic mass is 10.0. The average Bonchev–Trinajstić information content (AvgIpc) is 3.13. The standard InChI is InChI=1S/C12H13N5O3/c18-17(19)9-2-1-8(11-12(9)15-20-14-11)16-4-3-7-5-13-6-10(7)16/h1-2,7,10,13H,3-6H2/t7-,10+/m0/s1. The number of nitrogens with one attached hydrogen (secondary N) is 1. The van der Waals surface area contributed by atoms with Crippen molar-refractivity contribution in [2.75, 3.05) is 24.5 Å². The molecule has 104 valence electrons. The monoisotopic (exact) mass is 275 g/mol. The maximum absolute atomic E-state index is 11.0. The van der Waals surface area contributed by atoms with Crippen molar-refractivity contribution in [2.24, 2.45) is 5.92 Å². The van der Waals surface area contributed by atoms with Crippen LogP contribution in [0.3, 0.4) is 0 Å². The summed E-state index contributed by atoms with van der Waals surface area (Å²) < 4.78 is 4.72. The highest BCUT2D eigenvalue weighted by atomic mass is 16.6. The second-order valence-corrected chi connectivity index (χ2v) is 5.29. The number of anilines is 1. The van der Waals surface area contributed by atoms with E-state index in [1.165, 1.54) is 6.07 Å². The molecular weight excluding hydrogens is 262 g/mol. The van der Waals surface area contributed by atoms with Gasteiger partial charge in [-0.05, 0) is 28.7 Å².